The number of aliphatic carboxylic acids is 1. The Morgan fingerprint density at radius 2 is 1.86 bits per heavy atom. The van der Waals surface area contributed by atoms with Gasteiger partial charge in [0.25, 0.3) is 0 Å². The quantitative estimate of drug-likeness (QED) is 0.604. The van der Waals surface area contributed by atoms with Crippen molar-refractivity contribution in [1.29, 1.82) is 0 Å². The highest BCUT2D eigenvalue weighted by Gasteiger charge is 2.38. The van der Waals surface area contributed by atoms with Crippen LogP contribution in [0, 0.1) is 0 Å². The molecule has 0 bridgehead atoms. The molecule has 0 saturated carbocycles. The van der Waals surface area contributed by atoms with Crippen LogP contribution in [0.3, 0.4) is 0 Å². The van der Waals surface area contributed by atoms with Crippen LogP contribution < -0.4 is 10.2 Å². The number of aromatic nitrogens is 1. The van der Waals surface area contributed by atoms with E-state index < -0.39 is 12.1 Å². The van der Waals surface area contributed by atoms with Crippen molar-refractivity contribution in [2.45, 2.75) is 44.4 Å². The summed E-state index contributed by atoms with van der Waals surface area (Å²) in [6, 6.07) is 13.3. The first kappa shape index (κ1) is 26.2. The fraction of sp³-hybridized carbons (Fsp3) is 0.400. The zero-order valence-corrected chi connectivity index (χ0v) is 19.4. The number of nitrogens with one attached hydrogen (secondary N) is 1. The molecule has 0 aliphatic carbocycles. The van der Waals surface area contributed by atoms with Gasteiger partial charge in [0.2, 0.25) is 5.91 Å². The highest BCUT2D eigenvalue weighted by molar-refractivity contribution is 6.01. The molecule has 2 saturated heterocycles. The van der Waals surface area contributed by atoms with Gasteiger partial charge in [-0.2, -0.15) is 13.2 Å². The third-order valence-corrected chi connectivity index (χ3v) is 6.09. The maximum atomic E-state index is 12.1. The molecule has 2 aromatic rings. The number of carbonyl (C=O) groups is 2. The van der Waals surface area contributed by atoms with Crippen LogP contribution in [0.5, 0.6) is 0 Å². The molecule has 0 radical (unpaired) electrons. The van der Waals surface area contributed by atoms with Crippen LogP contribution in [-0.2, 0) is 9.59 Å². The lowest BCUT2D eigenvalue weighted by Crippen LogP contribution is -2.39. The summed E-state index contributed by atoms with van der Waals surface area (Å²) in [5.41, 5.74) is 2.95. The Morgan fingerprint density at radius 1 is 1.14 bits per heavy atom. The smallest absolute Gasteiger partial charge is 0.475 e. The summed E-state index contributed by atoms with van der Waals surface area (Å²) >= 11 is 0. The van der Waals surface area contributed by atoms with E-state index in [9.17, 15) is 18.0 Å². The SMILES string of the molecule is CC1CCCN1C1CCN(c2ccc(NC(=O)/C=C/c3cccnc3)cc2)C1.O=C(O)C(F)(F)F. The molecule has 2 unspecified atom stereocenters. The number of hydrogen-bond acceptors (Lipinski definition) is 5. The van der Waals surface area contributed by atoms with Crippen molar-refractivity contribution in [3.8, 4) is 0 Å². The van der Waals surface area contributed by atoms with Crippen LogP contribution in [0.25, 0.3) is 6.08 Å². The standard InChI is InChI=1S/C23H28N4O.C2HF3O2/c1-18-4-3-14-27(18)22-12-15-26(17-22)21-9-7-20(8-10-21)25-23(28)11-6-19-5-2-13-24-16-19;3-2(4,5)1(6)7/h2,5-11,13,16,18,22H,3-4,12,14-15,17H2,1H3,(H,25,28);(H,6,7)/b11-6+;. The second kappa shape index (κ2) is 11.8. The van der Waals surface area contributed by atoms with Crippen molar-refractivity contribution in [2.24, 2.45) is 0 Å². The molecule has 2 atom stereocenters. The molecule has 2 fully saturated rings. The predicted molar refractivity (Wildman–Crippen MR) is 128 cm³/mol. The molecule has 35 heavy (non-hydrogen) atoms. The van der Waals surface area contributed by atoms with Crippen LogP contribution in [0.2, 0.25) is 0 Å². The summed E-state index contributed by atoms with van der Waals surface area (Å²) in [7, 11) is 0. The average Bonchev–Trinajstić information content (AvgIpc) is 3.48. The fourth-order valence-electron chi connectivity index (χ4n) is 4.33. The summed E-state index contributed by atoms with van der Waals surface area (Å²) in [6.07, 6.45) is 5.56. The Bertz CT molecular complexity index is 1010. The lowest BCUT2D eigenvalue weighted by molar-refractivity contribution is -0.192. The van der Waals surface area contributed by atoms with Crippen LogP contribution in [-0.4, -0.2) is 64.8 Å². The molecule has 2 aliphatic rings. The van der Waals surface area contributed by atoms with Gasteiger partial charge in [0.15, 0.2) is 0 Å². The van der Waals surface area contributed by atoms with Gasteiger partial charge in [0, 0.05) is 55.0 Å². The summed E-state index contributed by atoms with van der Waals surface area (Å²) in [5, 5.41) is 10.0. The van der Waals surface area contributed by atoms with E-state index in [1.807, 2.05) is 24.3 Å². The number of hydrogen-bond donors (Lipinski definition) is 2. The van der Waals surface area contributed by atoms with Gasteiger partial charge in [-0.1, -0.05) is 6.07 Å². The number of carboxylic acids is 1. The molecular weight excluding hydrogens is 461 g/mol. The lowest BCUT2D eigenvalue weighted by atomic mass is 10.2. The molecule has 10 heteroatoms. The van der Waals surface area contributed by atoms with E-state index >= 15 is 0 Å². The molecule has 2 aliphatic heterocycles. The lowest BCUT2D eigenvalue weighted by Gasteiger charge is -2.28. The second-order valence-corrected chi connectivity index (χ2v) is 8.58. The van der Waals surface area contributed by atoms with E-state index in [1.165, 1.54) is 37.6 Å². The third-order valence-electron chi connectivity index (χ3n) is 6.09. The van der Waals surface area contributed by atoms with Gasteiger partial charge in [0.1, 0.15) is 0 Å². The van der Waals surface area contributed by atoms with Gasteiger partial charge in [-0.25, -0.2) is 4.79 Å². The first-order chi connectivity index (χ1) is 16.6. The zero-order valence-electron chi connectivity index (χ0n) is 19.4. The summed E-state index contributed by atoms with van der Waals surface area (Å²) in [6.45, 7) is 5.81. The summed E-state index contributed by atoms with van der Waals surface area (Å²) < 4.78 is 31.7. The van der Waals surface area contributed by atoms with E-state index in [1.54, 1.807) is 18.5 Å². The molecule has 3 heterocycles. The normalized spacial score (nSPS) is 20.5. The number of pyridine rings is 1. The minimum Gasteiger partial charge on any atom is -0.475 e. The fourth-order valence-corrected chi connectivity index (χ4v) is 4.33. The number of carboxylic acid groups (broad SMARTS) is 1. The second-order valence-electron chi connectivity index (χ2n) is 8.58. The van der Waals surface area contributed by atoms with Crippen LogP contribution >= 0.6 is 0 Å². The first-order valence-electron chi connectivity index (χ1n) is 11.4. The van der Waals surface area contributed by atoms with Gasteiger partial charge in [-0.05, 0) is 74.7 Å². The number of halogens is 3. The van der Waals surface area contributed by atoms with E-state index in [2.05, 4.69) is 39.2 Å². The van der Waals surface area contributed by atoms with Crippen molar-refractivity contribution in [1.82, 2.24) is 9.88 Å². The maximum absolute atomic E-state index is 12.1. The van der Waals surface area contributed by atoms with Gasteiger partial charge in [-0.15, -0.1) is 0 Å². The summed E-state index contributed by atoms with van der Waals surface area (Å²) in [5.74, 6) is -2.90. The molecule has 1 aromatic heterocycles. The van der Waals surface area contributed by atoms with Gasteiger partial charge < -0.3 is 15.3 Å². The average molecular weight is 491 g/mol. The Kier molecular flexibility index (Phi) is 8.86. The first-order valence-corrected chi connectivity index (χ1v) is 11.4. The Balaban J connectivity index is 0.000000429. The Labute approximate surface area is 202 Å². The number of nitrogens with zero attached hydrogens (tertiary/aromatic N) is 3. The van der Waals surface area contributed by atoms with Crippen molar-refractivity contribution < 1.29 is 27.9 Å². The number of alkyl halides is 3. The Morgan fingerprint density at radius 3 is 2.43 bits per heavy atom. The van der Waals surface area contributed by atoms with E-state index in [4.69, 9.17) is 9.90 Å². The highest BCUT2D eigenvalue weighted by atomic mass is 19.4. The van der Waals surface area contributed by atoms with Crippen molar-refractivity contribution in [2.75, 3.05) is 29.9 Å². The van der Waals surface area contributed by atoms with Crippen molar-refractivity contribution >= 4 is 29.3 Å². The number of anilines is 2. The van der Waals surface area contributed by atoms with E-state index in [0.717, 1.165) is 30.4 Å². The van der Waals surface area contributed by atoms with E-state index in [0.29, 0.717) is 6.04 Å². The minimum atomic E-state index is -5.08. The largest absolute Gasteiger partial charge is 0.490 e. The predicted octanol–water partition coefficient (Wildman–Crippen LogP) is 4.43. The monoisotopic (exact) mass is 490 g/mol. The molecule has 188 valence electrons. The van der Waals surface area contributed by atoms with Crippen LogP contribution in [0.4, 0.5) is 24.5 Å². The van der Waals surface area contributed by atoms with Crippen LogP contribution in [0.15, 0.2) is 54.9 Å². The third kappa shape index (κ3) is 7.81. The molecule has 1 amide bonds. The molecule has 4 rings (SSSR count). The van der Waals surface area contributed by atoms with Gasteiger partial charge >= 0.3 is 12.1 Å². The van der Waals surface area contributed by atoms with Crippen molar-refractivity contribution in [3.63, 3.8) is 0 Å². The number of carbonyl (C=O) groups excluding carboxylic acids is 1. The topological polar surface area (TPSA) is 85.8 Å². The Hall–Kier alpha value is -3.40. The zero-order chi connectivity index (χ0) is 25.4. The number of amides is 1. The van der Waals surface area contributed by atoms with Crippen LogP contribution in [0.1, 0.15) is 31.7 Å². The molecule has 2 N–H and O–H groups in total. The number of likely N-dealkylation sites (tertiary alicyclic amines) is 1. The highest BCUT2D eigenvalue weighted by Crippen LogP contribution is 2.28. The maximum Gasteiger partial charge on any atom is 0.490 e. The minimum absolute atomic E-state index is 0.138. The molecule has 0 spiro atoms. The van der Waals surface area contributed by atoms with Gasteiger partial charge in [-0.3, -0.25) is 14.7 Å². The van der Waals surface area contributed by atoms with Gasteiger partial charge in [0.05, 0.1) is 0 Å². The number of benzene rings is 1. The molecule has 7 nitrogen and oxygen atoms in total. The molecule has 1 aromatic carbocycles. The van der Waals surface area contributed by atoms with E-state index in [-0.39, 0.29) is 5.91 Å². The molecular formula is C25H29F3N4O3. The summed E-state index contributed by atoms with van der Waals surface area (Å²) in [4.78, 5) is 30.2. The number of rotatable bonds is 5. The van der Waals surface area contributed by atoms with Crippen molar-refractivity contribution in [3.05, 3.63) is 60.4 Å².